The van der Waals surface area contributed by atoms with Gasteiger partial charge >= 0.3 is 0 Å². The van der Waals surface area contributed by atoms with Crippen LogP contribution in [0.25, 0.3) is 0 Å². The standard InChI is InChI=1S/C12H23N3O/c1-13-12(16)5-2-7-14-10-6-9-15-8-3-4-11(10)15/h10-11,14H,2-9H2,1H3,(H,13,16). The largest absolute Gasteiger partial charge is 0.359 e. The number of nitrogens with zero attached hydrogens (tertiary/aromatic N) is 1. The lowest BCUT2D eigenvalue weighted by Crippen LogP contribution is -2.39. The second kappa shape index (κ2) is 5.64. The summed E-state index contributed by atoms with van der Waals surface area (Å²) in [5.41, 5.74) is 0. The quantitative estimate of drug-likeness (QED) is 0.663. The van der Waals surface area contributed by atoms with Crippen molar-refractivity contribution in [2.24, 2.45) is 0 Å². The summed E-state index contributed by atoms with van der Waals surface area (Å²) in [6.07, 6.45) is 5.59. The lowest BCUT2D eigenvalue weighted by Gasteiger charge is -2.21. The fourth-order valence-corrected chi connectivity index (χ4v) is 2.98. The molecular formula is C12H23N3O. The molecule has 0 aromatic heterocycles. The van der Waals surface area contributed by atoms with Gasteiger partial charge in [-0.25, -0.2) is 0 Å². The highest BCUT2D eigenvalue weighted by atomic mass is 16.1. The Balaban J connectivity index is 1.61. The van der Waals surface area contributed by atoms with Crippen molar-refractivity contribution < 1.29 is 4.79 Å². The summed E-state index contributed by atoms with van der Waals surface area (Å²) in [7, 11) is 1.70. The van der Waals surface area contributed by atoms with Crippen LogP contribution in [0.5, 0.6) is 0 Å². The number of rotatable bonds is 5. The van der Waals surface area contributed by atoms with E-state index in [1.807, 2.05) is 0 Å². The van der Waals surface area contributed by atoms with Gasteiger partial charge in [0.15, 0.2) is 0 Å². The molecule has 2 N–H and O–H groups in total. The molecule has 0 spiro atoms. The fourth-order valence-electron chi connectivity index (χ4n) is 2.98. The molecule has 0 bridgehead atoms. The summed E-state index contributed by atoms with van der Waals surface area (Å²) in [6, 6.07) is 1.45. The first kappa shape index (κ1) is 11.9. The van der Waals surface area contributed by atoms with Crippen molar-refractivity contribution in [3.8, 4) is 0 Å². The van der Waals surface area contributed by atoms with Gasteiger partial charge in [0.25, 0.3) is 0 Å². The first-order valence-corrected chi connectivity index (χ1v) is 6.49. The van der Waals surface area contributed by atoms with Crippen LogP contribution in [0.15, 0.2) is 0 Å². The molecule has 0 aromatic rings. The number of nitrogens with one attached hydrogen (secondary N) is 2. The fraction of sp³-hybridized carbons (Fsp3) is 0.917. The normalized spacial score (nSPS) is 29.3. The minimum atomic E-state index is 0.149. The molecule has 16 heavy (non-hydrogen) atoms. The zero-order chi connectivity index (χ0) is 11.4. The second-order valence-electron chi connectivity index (χ2n) is 4.87. The van der Waals surface area contributed by atoms with E-state index in [9.17, 15) is 4.79 Å². The van der Waals surface area contributed by atoms with E-state index in [1.165, 1.54) is 32.4 Å². The molecule has 2 heterocycles. The smallest absolute Gasteiger partial charge is 0.219 e. The number of carbonyl (C=O) groups excluding carboxylic acids is 1. The van der Waals surface area contributed by atoms with E-state index >= 15 is 0 Å². The van der Waals surface area contributed by atoms with Crippen molar-refractivity contribution in [1.29, 1.82) is 0 Å². The second-order valence-corrected chi connectivity index (χ2v) is 4.87. The van der Waals surface area contributed by atoms with Crippen LogP contribution >= 0.6 is 0 Å². The van der Waals surface area contributed by atoms with Crippen molar-refractivity contribution in [1.82, 2.24) is 15.5 Å². The van der Waals surface area contributed by atoms with E-state index < -0.39 is 0 Å². The van der Waals surface area contributed by atoms with Crippen molar-refractivity contribution in [3.05, 3.63) is 0 Å². The predicted octanol–water partition coefficient (Wildman–Crippen LogP) is 0.339. The van der Waals surface area contributed by atoms with Gasteiger partial charge in [-0.2, -0.15) is 0 Å². The molecule has 2 aliphatic heterocycles. The van der Waals surface area contributed by atoms with E-state index in [0.29, 0.717) is 12.5 Å². The molecule has 4 nitrogen and oxygen atoms in total. The average molecular weight is 225 g/mol. The van der Waals surface area contributed by atoms with Crippen molar-refractivity contribution in [2.45, 2.75) is 44.2 Å². The molecule has 92 valence electrons. The van der Waals surface area contributed by atoms with Crippen LogP contribution in [-0.4, -0.2) is 49.6 Å². The van der Waals surface area contributed by atoms with Gasteiger partial charge in [-0.05, 0) is 38.8 Å². The minimum absolute atomic E-state index is 0.149. The Morgan fingerprint density at radius 1 is 1.38 bits per heavy atom. The average Bonchev–Trinajstić information content (AvgIpc) is 2.87. The Morgan fingerprint density at radius 3 is 3.06 bits per heavy atom. The van der Waals surface area contributed by atoms with Gasteiger partial charge in [-0.1, -0.05) is 0 Å². The maximum Gasteiger partial charge on any atom is 0.219 e. The van der Waals surface area contributed by atoms with Gasteiger partial charge in [0.1, 0.15) is 0 Å². The first-order valence-electron chi connectivity index (χ1n) is 6.49. The van der Waals surface area contributed by atoms with Crippen LogP contribution in [0.1, 0.15) is 32.1 Å². The van der Waals surface area contributed by atoms with Crippen molar-refractivity contribution in [3.63, 3.8) is 0 Å². The first-order chi connectivity index (χ1) is 7.81. The van der Waals surface area contributed by atoms with E-state index in [1.54, 1.807) is 7.05 Å². The molecule has 2 rings (SSSR count). The molecule has 2 atom stereocenters. The highest BCUT2D eigenvalue weighted by molar-refractivity contribution is 5.75. The van der Waals surface area contributed by atoms with E-state index in [2.05, 4.69) is 15.5 Å². The third-order valence-corrected chi connectivity index (χ3v) is 3.87. The Morgan fingerprint density at radius 2 is 2.25 bits per heavy atom. The maximum absolute atomic E-state index is 11.0. The Labute approximate surface area is 97.8 Å². The maximum atomic E-state index is 11.0. The number of amides is 1. The van der Waals surface area contributed by atoms with E-state index in [0.717, 1.165) is 19.0 Å². The van der Waals surface area contributed by atoms with Crippen LogP contribution in [0.2, 0.25) is 0 Å². The molecular weight excluding hydrogens is 202 g/mol. The van der Waals surface area contributed by atoms with Gasteiger partial charge in [0, 0.05) is 32.1 Å². The lowest BCUT2D eigenvalue weighted by atomic mass is 10.1. The van der Waals surface area contributed by atoms with Gasteiger partial charge in [-0.15, -0.1) is 0 Å². The summed E-state index contributed by atoms with van der Waals surface area (Å²) < 4.78 is 0. The number of hydrogen-bond donors (Lipinski definition) is 2. The van der Waals surface area contributed by atoms with Gasteiger partial charge in [0.05, 0.1) is 0 Å². The zero-order valence-corrected chi connectivity index (χ0v) is 10.2. The Kier molecular flexibility index (Phi) is 4.18. The molecule has 4 heteroatoms. The predicted molar refractivity (Wildman–Crippen MR) is 64.3 cm³/mol. The van der Waals surface area contributed by atoms with Crippen LogP contribution < -0.4 is 10.6 Å². The Hall–Kier alpha value is -0.610. The third-order valence-electron chi connectivity index (χ3n) is 3.87. The molecule has 2 aliphatic rings. The zero-order valence-electron chi connectivity index (χ0n) is 10.2. The summed E-state index contributed by atoms with van der Waals surface area (Å²) in [5.74, 6) is 0.149. The van der Waals surface area contributed by atoms with Gasteiger partial charge in [-0.3, -0.25) is 9.69 Å². The van der Waals surface area contributed by atoms with Crippen molar-refractivity contribution in [2.75, 3.05) is 26.7 Å². The summed E-state index contributed by atoms with van der Waals surface area (Å²) >= 11 is 0. The summed E-state index contributed by atoms with van der Waals surface area (Å²) in [6.45, 7) is 3.53. The third kappa shape index (κ3) is 2.74. The molecule has 2 unspecified atom stereocenters. The molecule has 0 aliphatic carbocycles. The lowest BCUT2D eigenvalue weighted by molar-refractivity contribution is -0.120. The number of carbonyl (C=O) groups is 1. The molecule has 0 saturated carbocycles. The molecule has 0 radical (unpaired) electrons. The van der Waals surface area contributed by atoms with Crippen LogP contribution in [-0.2, 0) is 4.79 Å². The summed E-state index contributed by atoms with van der Waals surface area (Å²) in [4.78, 5) is 13.7. The van der Waals surface area contributed by atoms with Gasteiger partial charge < -0.3 is 10.6 Å². The molecule has 1 amide bonds. The van der Waals surface area contributed by atoms with E-state index in [4.69, 9.17) is 0 Å². The molecule has 2 saturated heterocycles. The van der Waals surface area contributed by atoms with E-state index in [-0.39, 0.29) is 5.91 Å². The van der Waals surface area contributed by atoms with Crippen LogP contribution in [0.3, 0.4) is 0 Å². The highest BCUT2D eigenvalue weighted by Crippen LogP contribution is 2.27. The van der Waals surface area contributed by atoms with Crippen LogP contribution in [0.4, 0.5) is 0 Å². The van der Waals surface area contributed by atoms with Crippen LogP contribution in [0, 0.1) is 0 Å². The SMILES string of the molecule is CNC(=O)CCCNC1CCN2CCCC12. The highest BCUT2D eigenvalue weighted by Gasteiger charge is 2.36. The summed E-state index contributed by atoms with van der Waals surface area (Å²) in [5, 5.41) is 6.27. The molecule has 0 aromatic carbocycles. The van der Waals surface area contributed by atoms with Crippen molar-refractivity contribution >= 4 is 5.91 Å². The monoisotopic (exact) mass is 225 g/mol. The minimum Gasteiger partial charge on any atom is -0.359 e. The Bertz CT molecular complexity index is 244. The number of fused-ring (bicyclic) bond motifs is 1. The topological polar surface area (TPSA) is 44.4 Å². The van der Waals surface area contributed by atoms with Gasteiger partial charge in [0.2, 0.25) is 5.91 Å². The molecule has 2 fully saturated rings. The number of hydrogen-bond acceptors (Lipinski definition) is 3.